The highest BCUT2D eigenvalue weighted by atomic mass is 16.6. The van der Waals surface area contributed by atoms with Gasteiger partial charge in [-0.1, -0.05) is 217 Å². The maximum atomic E-state index is 12.8. The van der Waals surface area contributed by atoms with Gasteiger partial charge in [-0.05, 0) is 83.5 Å². The van der Waals surface area contributed by atoms with E-state index in [1.165, 1.54) is 141 Å². The largest absolute Gasteiger partial charge is 0.462 e. The summed E-state index contributed by atoms with van der Waals surface area (Å²) in [7, 11) is 0. The highest BCUT2D eigenvalue weighted by molar-refractivity contribution is 5.71. The van der Waals surface area contributed by atoms with Gasteiger partial charge in [-0.3, -0.25) is 14.4 Å². The third-order valence-electron chi connectivity index (χ3n) is 11.6. The van der Waals surface area contributed by atoms with Crippen LogP contribution >= 0.6 is 0 Å². The van der Waals surface area contributed by atoms with E-state index >= 15 is 0 Å². The number of carbonyl (C=O) groups excluding carboxylic acids is 3. The molecule has 0 aliphatic rings. The van der Waals surface area contributed by atoms with Crippen LogP contribution in [0.1, 0.15) is 271 Å². The summed E-state index contributed by atoms with van der Waals surface area (Å²) >= 11 is 0. The molecule has 0 radical (unpaired) electrons. The summed E-state index contributed by atoms with van der Waals surface area (Å²) in [5.41, 5.74) is 0. The zero-order chi connectivity index (χ0) is 45.1. The molecule has 6 nitrogen and oxygen atoms in total. The summed E-state index contributed by atoms with van der Waals surface area (Å²) in [6, 6.07) is 0. The molecule has 0 amide bonds. The lowest BCUT2D eigenvalue weighted by Gasteiger charge is -2.18. The van der Waals surface area contributed by atoms with E-state index in [9.17, 15) is 14.4 Å². The standard InChI is InChI=1S/C56H100O6/c1-4-7-10-13-16-19-22-24-26-27-28-29-30-32-34-37-40-43-46-49-55(58)61-52-53(51-60-54(57)48-45-42-39-36-33-21-18-15-12-9-6-3)62-56(59)50-47-44-41-38-35-31-25-23-20-17-14-11-8-5-2/h16,19,23-26,28-29,53H,4-15,17-18,20-22,27,30-52H2,1-3H3/b19-16-,25-23-,26-24-,29-28-. The molecule has 0 heterocycles. The number of esters is 3. The Morgan fingerprint density at radius 1 is 0.323 bits per heavy atom. The van der Waals surface area contributed by atoms with Crippen molar-refractivity contribution < 1.29 is 28.6 Å². The van der Waals surface area contributed by atoms with Crippen molar-refractivity contribution in [1.29, 1.82) is 0 Å². The second kappa shape index (κ2) is 51.0. The summed E-state index contributed by atoms with van der Waals surface area (Å²) < 4.78 is 16.8. The van der Waals surface area contributed by atoms with E-state index in [1.807, 2.05) is 0 Å². The van der Waals surface area contributed by atoms with Crippen LogP contribution in [0, 0.1) is 0 Å². The highest BCUT2D eigenvalue weighted by Gasteiger charge is 2.19. The molecule has 0 aromatic rings. The van der Waals surface area contributed by atoms with Gasteiger partial charge < -0.3 is 14.2 Å². The Bertz CT molecular complexity index is 1090. The minimum absolute atomic E-state index is 0.0785. The molecule has 0 N–H and O–H groups in total. The van der Waals surface area contributed by atoms with E-state index in [2.05, 4.69) is 69.4 Å². The molecule has 0 aliphatic carbocycles. The van der Waals surface area contributed by atoms with Crippen LogP contribution in [0.3, 0.4) is 0 Å². The van der Waals surface area contributed by atoms with Gasteiger partial charge in [0.25, 0.3) is 0 Å². The number of unbranched alkanes of at least 4 members (excludes halogenated alkanes) is 29. The number of rotatable bonds is 48. The molecular formula is C56H100O6. The Kier molecular flexibility index (Phi) is 48.8. The van der Waals surface area contributed by atoms with Crippen LogP contribution in [-0.2, 0) is 28.6 Å². The topological polar surface area (TPSA) is 78.9 Å². The van der Waals surface area contributed by atoms with Crippen LogP contribution < -0.4 is 0 Å². The molecule has 0 saturated carbocycles. The minimum Gasteiger partial charge on any atom is -0.462 e. The fourth-order valence-corrected chi connectivity index (χ4v) is 7.50. The molecule has 0 fully saturated rings. The lowest BCUT2D eigenvalue weighted by molar-refractivity contribution is -0.167. The first-order chi connectivity index (χ1) is 30.5. The second-order valence-electron chi connectivity index (χ2n) is 17.8. The fourth-order valence-electron chi connectivity index (χ4n) is 7.50. The normalized spacial score (nSPS) is 12.4. The second-order valence-corrected chi connectivity index (χ2v) is 17.8. The Hall–Kier alpha value is -2.63. The van der Waals surface area contributed by atoms with Gasteiger partial charge in [-0.15, -0.1) is 0 Å². The highest BCUT2D eigenvalue weighted by Crippen LogP contribution is 2.15. The van der Waals surface area contributed by atoms with Crippen LogP contribution in [0.15, 0.2) is 48.6 Å². The zero-order valence-electron chi connectivity index (χ0n) is 41.1. The average Bonchev–Trinajstić information content (AvgIpc) is 3.27. The Labute approximate surface area is 384 Å². The van der Waals surface area contributed by atoms with Gasteiger partial charge in [0.2, 0.25) is 0 Å². The number of carbonyl (C=O) groups is 3. The SMILES string of the molecule is CCCCC/C=C\C/C=C\C/C=C\CCCCCCCCC(=O)OCC(COC(=O)CCCCCCCCCCCCC)OC(=O)CCCCCCC/C=C\CCCCCCC. The van der Waals surface area contributed by atoms with Crippen molar-refractivity contribution in [2.45, 2.75) is 277 Å². The Morgan fingerprint density at radius 3 is 0.952 bits per heavy atom. The predicted octanol–water partition coefficient (Wildman–Crippen LogP) is 17.5. The van der Waals surface area contributed by atoms with Crippen molar-refractivity contribution in [2.24, 2.45) is 0 Å². The maximum absolute atomic E-state index is 12.8. The molecule has 0 rings (SSSR count). The van der Waals surface area contributed by atoms with E-state index < -0.39 is 6.10 Å². The fraction of sp³-hybridized carbons (Fsp3) is 0.804. The van der Waals surface area contributed by atoms with Crippen molar-refractivity contribution in [3.63, 3.8) is 0 Å². The molecule has 0 aliphatic heterocycles. The Balaban J connectivity index is 4.36. The van der Waals surface area contributed by atoms with Crippen LogP contribution in [-0.4, -0.2) is 37.2 Å². The molecule has 0 bridgehead atoms. The molecule has 6 heteroatoms. The van der Waals surface area contributed by atoms with E-state index in [0.717, 1.165) is 89.9 Å². The quantitative estimate of drug-likeness (QED) is 0.0262. The monoisotopic (exact) mass is 869 g/mol. The summed E-state index contributed by atoms with van der Waals surface area (Å²) in [5.74, 6) is -0.893. The van der Waals surface area contributed by atoms with Crippen LogP contribution in [0.5, 0.6) is 0 Å². The van der Waals surface area contributed by atoms with Crippen molar-refractivity contribution in [2.75, 3.05) is 13.2 Å². The van der Waals surface area contributed by atoms with E-state index in [1.54, 1.807) is 0 Å². The van der Waals surface area contributed by atoms with Crippen molar-refractivity contribution in [1.82, 2.24) is 0 Å². The van der Waals surface area contributed by atoms with Gasteiger partial charge >= 0.3 is 17.9 Å². The number of allylic oxidation sites excluding steroid dienone is 8. The summed E-state index contributed by atoms with van der Waals surface area (Å²) in [6.07, 6.45) is 60.9. The molecule has 0 saturated heterocycles. The van der Waals surface area contributed by atoms with Gasteiger partial charge in [0.15, 0.2) is 6.10 Å². The summed E-state index contributed by atoms with van der Waals surface area (Å²) in [4.78, 5) is 38.0. The lowest BCUT2D eigenvalue weighted by atomic mass is 10.1. The van der Waals surface area contributed by atoms with Crippen molar-refractivity contribution >= 4 is 17.9 Å². The van der Waals surface area contributed by atoms with Crippen LogP contribution in [0.2, 0.25) is 0 Å². The molecule has 360 valence electrons. The molecule has 0 aromatic carbocycles. The first-order valence-electron chi connectivity index (χ1n) is 26.6. The van der Waals surface area contributed by atoms with Crippen LogP contribution in [0.25, 0.3) is 0 Å². The maximum Gasteiger partial charge on any atom is 0.306 e. The minimum atomic E-state index is -0.779. The number of hydrogen-bond acceptors (Lipinski definition) is 6. The lowest BCUT2D eigenvalue weighted by Crippen LogP contribution is -2.30. The number of ether oxygens (including phenoxy) is 3. The predicted molar refractivity (Wildman–Crippen MR) is 265 cm³/mol. The van der Waals surface area contributed by atoms with Crippen molar-refractivity contribution in [3.8, 4) is 0 Å². The van der Waals surface area contributed by atoms with Crippen molar-refractivity contribution in [3.05, 3.63) is 48.6 Å². The molecular weight excluding hydrogens is 769 g/mol. The van der Waals surface area contributed by atoms with E-state index in [0.29, 0.717) is 19.3 Å². The molecule has 1 atom stereocenters. The van der Waals surface area contributed by atoms with Gasteiger partial charge in [0.1, 0.15) is 13.2 Å². The summed E-state index contributed by atoms with van der Waals surface area (Å²) in [5, 5.41) is 0. The average molecular weight is 869 g/mol. The first-order valence-corrected chi connectivity index (χ1v) is 26.6. The van der Waals surface area contributed by atoms with Gasteiger partial charge in [-0.25, -0.2) is 0 Å². The van der Waals surface area contributed by atoms with E-state index in [4.69, 9.17) is 14.2 Å². The number of hydrogen-bond donors (Lipinski definition) is 0. The molecule has 0 aromatic heterocycles. The molecule has 62 heavy (non-hydrogen) atoms. The third kappa shape index (κ3) is 48.4. The first kappa shape index (κ1) is 59.4. The third-order valence-corrected chi connectivity index (χ3v) is 11.6. The molecule has 0 spiro atoms. The smallest absolute Gasteiger partial charge is 0.306 e. The van der Waals surface area contributed by atoms with Crippen LogP contribution in [0.4, 0.5) is 0 Å². The zero-order valence-corrected chi connectivity index (χ0v) is 41.1. The molecule has 1 unspecified atom stereocenters. The van der Waals surface area contributed by atoms with Gasteiger partial charge in [0, 0.05) is 19.3 Å². The summed E-state index contributed by atoms with van der Waals surface area (Å²) in [6.45, 7) is 6.59. The Morgan fingerprint density at radius 2 is 0.581 bits per heavy atom. The van der Waals surface area contributed by atoms with E-state index in [-0.39, 0.29) is 31.1 Å². The van der Waals surface area contributed by atoms with Gasteiger partial charge in [0.05, 0.1) is 0 Å². The van der Waals surface area contributed by atoms with Gasteiger partial charge in [-0.2, -0.15) is 0 Å².